The fourth-order valence-electron chi connectivity index (χ4n) is 2.11. The second-order valence-corrected chi connectivity index (χ2v) is 3.97. The molecule has 2 nitrogen and oxygen atoms in total. The van der Waals surface area contributed by atoms with E-state index in [-0.39, 0.29) is 12.1 Å². The molecule has 0 spiro atoms. The molecule has 0 aliphatic carbocycles. The molecule has 16 heavy (non-hydrogen) atoms. The number of nitrogens with one attached hydrogen (secondary N) is 1. The Balaban J connectivity index is 1.93. The second-order valence-electron chi connectivity index (χ2n) is 3.97. The topological polar surface area (TPSA) is 21.3 Å². The minimum Gasteiger partial charge on any atom is -0.318 e. The van der Waals surface area contributed by atoms with Crippen LogP contribution in [0.2, 0.25) is 0 Å². The average molecular weight is 227 g/mol. The van der Waals surface area contributed by atoms with Crippen molar-refractivity contribution in [3.05, 3.63) is 35.9 Å². The number of hydrogen-bond acceptors (Lipinski definition) is 2. The smallest absolute Gasteiger partial charge is 0.318 e. The summed E-state index contributed by atoms with van der Waals surface area (Å²) in [7, 11) is 0. The lowest BCUT2D eigenvalue weighted by molar-refractivity contribution is -0.164. The molecule has 1 aromatic rings. The molecule has 2 rings (SSSR count). The third kappa shape index (κ3) is 3.00. The molecular weight excluding hydrogens is 212 g/mol. The van der Waals surface area contributed by atoms with Crippen LogP contribution in [0.5, 0.6) is 0 Å². The predicted molar refractivity (Wildman–Crippen MR) is 57.4 cm³/mol. The highest BCUT2D eigenvalue weighted by atomic mass is 19.3. The molecule has 0 saturated carbocycles. The molecule has 0 bridgehead atoms. The first kappa shape index (κ1) is 11.5. The van der Waals surface area contributed by atoms with Gasteiger partial charge in [-0.2, -0.15) is 8.78 Å². The summed E-state index contributed by atoms with van der Waals surface area (Å²) in [5.41, 5.74) is 1.14. The van der Waals surface area contributed by atoms with Gasteiger partial charge in [-0.25, -0.2) is 0 Å². The van der Waals surface area contributed by atoms with Crippen molar-refractivity contribution in [2.24, 2.45) is 0 Å². The maximum absolute atomic E-state index is 12.1. The number of hydrogen-bond donors (Lipinski definition) is 1. The van der Waals surface area contributed by atoms with Crippen LogP contribution in [-0.4, -0.2) is 25.3 Å². The maximum Gasteiger partial charge on any atom is 0.345 e. The summed E-state index contributed by atoms with van der Waals surface area (Å²) in [6, 6.07) is 9.84. The molecule has 0 amide bonds. The van der Waals surface area contributed by atoms with E-state index in [2.05, 4.69) is 10.1 Å². The normalized spacial score (nSPS) is 25.2. The highest BCUT2D eigenvalue weighted by Crippen LogP contribution is 2.18. The van der Waals surface area contributed by atoms with Crippen LogP contribution in [0.15, 0.2) is 30.3 Å². The van der Waals surface area contributed by atoms with Gasteiger partial charge >= 0.3 is 6.61 Å². The van der Waals surface area contributed by atoms with E-state index in [0.717, 1.165) is 18.5 Å². The summed E-state index contributed by atoms with van der Waals surface area (Å²) >= 11 is 0. The molecule has 88 valence electrons. The van der Waals surface area contributed by atoms with Crippen LogP contribution in [0.4, 0.5) is 8.78 Å². The van der Waals surface area contributed by atoms with Gasteiger partial charge < -0.3 is 10.1 Å². The van der Waals surface area contributed by atoms with Crippen LogP contribution >= 0.6 is 0 Å². The van der Waals surface area contributed by atoms with Crippen molar-refractivity contribution in [2.45, 2.75) is 31.6 Å². The zero-order chi connectivity index (χ0) is 11.4. The van der Waals surface area contributed by atoms with Gasteiger partial charge in [0.2, 0.25) is 0 Å². The summed E-state index contributed by atoms with van der Waals surface area (Å²) in [6.07, 6.45) is 1.01. The van der Waals surface area contributed by atoms with Crippen molar-refractivity contribution in [1.82, 2.24) is 5.32 Å². The standard InChI is InChI=1S/C12H15F2NO/c13-12(14)16-11-6-7-15-10(11)8-9-4-2-1-3-5-9/h1-5,10-12,15H,6-8H2/t10-,11+/m0/s1. The zero-order valence-corrected chi connectivity index (χ0v) is 8.90. The molecule has 1 N–H and O–H groups in total. The minimum absolute atomic E-state index is 0.00333. The molecule has 1 saturated heterocycles. The van der Waals surface area contributed by atoms with E-state index in [9.17, 15) is 8.78 Å². The second kappa shape index (κ2) is 5.37. The Labute approximate surface area is 93.6 Å². The van der Waals surface area contributed by atoms with E-state index in [1.807, 2.05) is 30.3 Å². The molecular formula is C12H15F2NO. The lowest BCUT2D eigenvalue weighted by atomic mass is 10.0. The summed E-state index contributed by atoms with van der Waals surface area (Å²) in [5.74, 6) is 0. The molecule has 0 unspecified atom stereocenters. The number of halogens is 2. The molecule has 1 aliphatic rings. The van der Waals surface area contributed by atoms with Gasteiger partial charge in [0.15, 0.2) is 0 Å². The molecule has 1 fully saturated rings. The predicted octanol–water partition coefficient (Wildman–Crippen LogP) is 2.20. The van der Waals surface area contributed by atoms with Crippen molar-refractivity contribution in [3.8, 4) is 0 Å². The molecule has 1 heterocycles. The summed E-state index contributed by atoms with van der Waals surface area (Å²) in [4.78, 5) is 0. The maximum atomic E-state index is 12.1. The van der Waals surface area contributed by atoms with Crippen LogP contribution in [0.3, 0.4) is 0 Å². The molecule has 1 aromatic carbocycles. The molecule has 0 aromatic heterocycles. The highest BCUT2D eigenvalue weighted by molar-refractivity contribution is 5.16. The summed E-state index contributed by atoms with van der Waals surface area (Å²) in [6.45, 7) is -1.93. The zero-order valence-electron chi connectivity index (χ0n) is 8.90. The third-order valence-electron chi connectivity index (χ3n) is 2.86. The summed E-state index contributed by atoms with van der Waals surface area (Å²) < 4.78 is 28.9. The van der Waals surface area contributed by atoms with Gasteiger partial charge in [-0.3, -0.25) is 0 Å². The molecule has 2 atom stereocenters. The molecule has 1 aliphatic heterocycles. The first-order chi connectivity index (χ1) is 7.75. The Morgan fingerprint density at radius 1 is 1.31 bits per heavy atom. The Kier molecular flexibility index (Phi) is 3.85. The van der Waals surface area contributed by atoms with E-state index in [4.69, 9.17) is 0 Å². The van der Waals surface area contributed by atoms with Gasteiger partial charge in [0, 0.05) is 6.04 Å². The lowest BCUT2D eigenvalue weighted by Gasteiger charge is -2.19. The van der Waals surface area contributed by atoms with Gasteiger partial charge in [0.05, 0.1) is 6.10 Å². The Hall–Kier alpha value is -1.00. The Morgan fingerprint density at radius 3 is 2.75 bits per heavy atom. The number of alkyl halides is 2. The van der Waals surface area contributed by atoms with Crippen molar-refractivity contribution < 1.29 is 13.5 Å². The van der Waals surface area contributed by atoms with Gasteiger partial charge in [-0.1, -0.05) is 30.3 Å². The number of benzene rings is 1. The fourth-order valence-corrected chi connectivity index (χ4v) is 2.11. The quantitative estimate of drug-likeness (QED) is 0.851. The molecule has 4 heteroatoms. The Bertz CT molecular complexity index is 318. The largest absolute Gasteiger partial charge is 0.345 e. The van der Waals surface area contributed by atoms with Crippen molar-refractivity contribution >= 4 is 0 Å². The van der Waals surface area contributed by atoms with Crippen molar-refractivity contribution in [1.29, 1.82) is 0 Å². The first-order valence-corrected chi connectivity index (χ1v) is 5.46. The third-order valence-corrected chi connectivity index (χ3v) is 2.86. The Morgan fingerprint density at radius 2 is 2.06 bits per heavy atom. The van der Waals surface area contributed by atoms with Gasteiger partial charge in [-0.05, 0) is 24.9 Å². The van der Waals surface area contributed by atoms with Crippen molar-refractivity contribution in [3.63, 3.8) is 0 Å². The van der Waals surface area contributed by atoms with Crippen LogP contribution in [0.1, 0.15) is 12.0 Å². The highest BCUT2D eigenvalue weighted by Gasteiger charge is 2.29. The number of rotatable bonds is 4. The van der Waals surface area contributed by atoms with Gasteiger partial charge in [0.1, 0.15) is 0 Å². The van der Waals surface area contributed by atoms with Crippen LogP contribution in [-0.2, 0) is 11.2 Å². The van der Waals surface area contributed by atoms with E-state index >= 15 is 0 Å². The SMILES string of the molecule is FC(F)O[C@@H]1CCN[C@H]1Cc1ccccc1. The van der Waals surface area contributed by atoms with E-state index in [1.165, 1.54) is 0 Å². The van der Waals surface area contributed by atoms with Crippen LogP contribution in [0, 0.1) is 0 Å². The number of ether oxygens (including phenoxy) is 1. The van der Waals surface area contributed by atoms with Crippen LogP contribution < -0.4 is 5.32 Å². The van der Waals surface area contributed by atoms with Crippen LogP contribution in [0.25, 0.3) is 0 Å². The van der Waals surface area contributed by atoms with Gasteiger partial charge in [0.25, 0.3) is 0 Å². The monoisotopic (exact) mass is 227 g/mol. The van der Waals surface area contributed by atoms with Crippen molar-refractivity contribution in [2.75, 3.05) is 6.54 Å². The fraction of sp³-hybridized carbons (Fsp3) is 0.500. The lowest BCUT2D eigenvalue weighted by Crippen LogP contribution is -2.35. The van der Waals surface area contributed by atoms with Gasteiger partial charge in [-0.15, -0.1) is 0 Å². The molecule has 0 radical (unpaired) electrons. The van der Waals surface area contributed by atoms with E-state index in [1.54, 1.807) is 0 Å². The average Bonchev–Trinajstić information content (AvgIpc) is 2.66. The van der Waals surface area contributed by atoms with E-state index < -0.39 is 6.61 Å². The minimum atomic E-state index is -2.68. The van der Waals surface area contributed by atoms with E-state index in [0.29, 0.717) is 6.42 Å². The first-order valence-electron chi connectivity index (χ1n) is 5.46. The summed E-state index contributed by atoms with van der Waals surface area (Å²) in [5, 5.41) is 3.20.